The van der Waals surface area contributed by atoms with Gasteiger partial charge in [0.2, 0.25) is 0 Å². The maximum Gasteiger partial charge on any atom is 0.162 e. The van der Waals surface area contributed by atoms with Crippen LogP contribution in [0.5, 0.6) is 0 Å². The second kappa shape index (κ2) is 3.77. The van der Waals surface area contributed by atoms with Crippen LogP contribution in [-0.4, -0.2) is 10.1 Å². The highest BCUT2D eigenvalue weighted by molar-refractivity contribution is 7.78. The lowest BCUT2D eigenvalue weighted by Gasteiger charge is -2.13. The van der Waals surface area contributed by atoms with Gasteiger partial charge in [-0.3, -0.25) is 0 Å². The normalized spacial score (nSPS) is 14.5. The van der Waals surface area contributed by atoms with Crippen LogP contribution in [0.3, 0.4) is 0 Å². The Labute approximate surface area is 82.7 Å². The summed E-state index contributed by atoms with van der Waals surface area (Å²) in [6.45, 7) is 0. The van der Waals surface area contributed by atoms with Gasteiger partial charge in [-0.15, -0.1) is 0 Å². The van der Waals surface area contributed by atoms with Gasteiger partial charge in [0.15, 0.2) is 5.82 Å². The molecule has 3 heteroatoms. The van der Waals surface area contributed by atoms with Crippen molar-refractivity contribution < 1.29 is 0 Å². The fraction of sp³-hybridized carbons (Fsp3) is 0.400. The Bertz CT molecular complexity index is 367. The second-order valence-electron chi connectivity index (χ2n) is 3.19. The van der Waals surface area contributed by atoms with Gasteiger partial charge in [0, 0.05) is 5.69 Å². The van der Waals surface area contributed by atoms with E-state index in [0.29, 0.717) is 5.82 Å². The third-order valence-corrected chi connectivity index (χ3v) is 2.41. The van der Waals surface area contributed by atoms with Crippen LogP contribution in [0.4, 0.5) is 5.82 Å². The molecule has 0 atom stereocenters. The smallest absolute Gasteiger partial charge is 0.162 e. The molecule has 0 amide bonds. The number of aromatic nitrogens is 1. The summed E-state index contributed by atoms with van der Waals surface area (Å²) in [5.41, 5.74) is 2.56. The Hall–Kier alpha value is -1.05. The van der Waals surface area contributed by atoms with Crippen LogP contribution >= 0.6 is 12.2 Å². The molecule has 0 radical (unpaired) electrons. The van der Waals surface area contributed by atoms with Crippen molar-refractivity contribution >= 4 is 23.2 Å². The fourth-order valence-electron chi connectivity index (χ4n) is 1.68. The first kappa shape index (κ1) is 8.54. The number of fused-ring (bicyclic) bond motifs is 1. The first-order valence-corrected chi connectivity index (χ1v) is 4.87. The quantitative estimate of drug-likeness (QED) is 0.502. The van der Waals surface area contributed by atoms with Gasteiger partial charge >= 0.3 is 0 Å². The molecule has 1 aliphatic rings. The molecule has 66 valence electrons. The maximum absolute atomic E-state index is 4.53. The van der Waals surface area contributed by atoms with Gasteiger partial charge in [0.25, 0.3) is 0 Å². The SMILES string of the molecule is S=C=Nc1ccc2c(n1)CCCC2. The molecular formula is C10H10N2S. The lowest BCUT2D eigenvalue weighted by molar-refractivity contribution is 0.668. The van der Waals surface area contributed by atoms with Crippen molar-refractivity contribution in [1.29, 1.82) is 0 Å². The van der Waals surface area contributed by atoms with Gasteiger partial charge in [0.1, 0.15) is 0 Å². The number of nitrogens with zero attached hydrogens (tertiary/aromatic N) is 2. The summed E-state index contributed by atoms with van der Waals surface area (Å²) in [5, 5.41) is 2.34. The summed E-state index contributed by atoms with van der Waals surface area (Å²) in [6.07, 6.45) is 4.76. The van der Waals surface area contributed by atoms with Crippen LogP contribution in [0.25, 0.3) is 0 Å². The van der Waals surface area contributed by atoms with Crippen LogP contribution in [0.2, 0.25) is 0 Å². The van der Waals surface area contributed by atoms with Gasteiger partial charge in [-0.05, 0) is 49.5 Å². The summed E-state index contributed by atoms with van der Waals surface area (Å²) < 4.78 is 0. The minimum absolute atomic E-state index is 0.690. The number of aryl methyl sites for hydroxylation is 2. The Morgan fingerprint density at radius 3 is 3.00 bits per heavy atom. The molecule has 0 spiro atoms. The molecule has 1 aliphatic carbocycles. The number of pyridine rings is 1. The summed E-state index contributed by atoms with van der Waals surface area (Å²) >= 11 is 4.53. The molecule has 2 rings (SSSR count). The maximum atomic E-state index is 4.53. The molecule has 0 N–H and O–H groups in total. The standard InChI is InChI=1S/C10H10N2S/c13-7-11-10-6-5-8-3-1-2-4-9(8)12-10/h5-6H,1-4H2. The highest BCUT2D eigenvalue weighted by atomic mass is 32.1. The minimum atomic E-state index is 0.690. The Morgan fingerprint density at radius 1 is 1.31 bits per heavy atom. The van der Waals surface area contributed by atoms with E-state index in [1.54, 1.807) is 0 Å². The molecule has 0 bridgehead atoms. The van der Waals surface area contributed by atoms with E-state index < -0.39 is 0 Å². The Balaban J connectivity index is 2.40. The molecule has 0 saturated carbocycles. The predicted octanol–water partition coefficient (Wildman–Crippen LogP) is 2.69. The number of aliphatic imine (C=N–C) groups is 1. The monoisotopic (exact) mass is 190 g/mol. The number of hydrogen-bond acceptors (Lipinski definition) is 3. The zero-order valence-electron chi connectivity index (χ0n) is 7.29. The molecule has 1 heterocycles. The molecule has 0 unspecified atom stereocenters. The van der Waals surface area contributed by atoms with Crippen molar-refractivity contribution in [2.75, 3.05) is 0 Å². The molecule has 0 aromatic carbocycles. The van der Waals surface area contributed by atoms with E-state index in [1.807, 2.05) is 6.07 Å². The molecule has 0 fully saturated rings. The third kappa shape index (κ3) is 1.82. The van der Waals surface area contributed by atoms with Crippen LogP contribution in [0.15, 0.2) is 17.1 Å². The highest BCUT2D eigenvalue weighted by Crippen LogP contribution is 2.21. The largest absolute Gasteiger partial charge is 0.233 e. The second-order valence-corrected chi connectivity index (χ2v) is 3.37. The zero-order chi connectivity index (χ0) is 9.10. The van der Waals surface area contributed by atoms with Gasteiger partial charge < -0.3 is 0 Å². The predicted molar refractivity (Wildman–Crippen MR) is 55.6 cm³/mol. The fourth-order valence-corrected chi connectivity index (χ4v) is 1.77. The lowest BCUT2D eigenvalue weighted by atomic mass is 9.96. The van der Waals surface area contributed by atoms with E-state index in [9.17, 15) is 0 Å². The van der Waals surface area contributed by atoms with E-state index in [0.717, 1.165) is 12.8 Å². The summed E-state index contributed by atoms with van der Waals surface area (Å²) in [7, 11) is 0. The topological polar surface area (TPSA) is 25.2 Å². The Kier molecular flexibility index (Phi) is 2.48. The Morgan fingerprint density at radius 2 is 2.15 bits per heavy atom. The average Bonchev–Trinajstić information content (AvgIpc) is 2.18. The van der Waals surface area contributed by atoms with Gasteiger partial charge in [-0.2, -0.15) is 4.99 Å². The first-order valence-electron chi connectivity index (χ1n) is 4.47. The van der Waals surface area contributed by atoms with E-state index in [4.69, 9.17) is 0 Å². The lowest BCUT2D eigenvalue weighted by Crippen LogP contribution is -2.04. The van der Waals surface area contributed by atoms with Crippen molar-refractivity contribution in [3.05, 3.63) is 23.4 Å². The molecule has 0 aliphatic heterocycles. The summed E-state index contributed by atoms with van der Waals surface area (Å²) in [4.78, 5) is 8.28. The average molecular weight is 190 g/mol. The summed E-state index contributed by atoms with van der Waals surface area (Å²) in [6, 6.07) is 4.01. The molecular weight excluding hydrogens is 180 g/mol. The first-order chi connectivity index (χ1) is 6.40. The van der Waals surface area contributed by atoms with Crippen LogP contribution in [0.1, 0.15) is 24.1 Å². The minimum Gasteiger partial charge on any atom is -0.233 e. The number of isothiocyanates is 1. The van der Waals surface area contributed by atoms with Gasteiger partial charge in [0.05, 0.1) is 5.16 Å². The number of thiocarbonyl (C=S) groups is 1. The number of rotatable bonds is 1. The van der Waals surface area contributed by atoms with Gasteiger partial charge in [-0.1, -0.05) is 6.07 Å². The zero-order valence-corrected chi connectivity index (χ0v) is 8.10. The van der Waals surface area contributed by atoms with Crippen molar-refractivity contribution in [3.63, 3.8) is 0 Å². The molecule has 1 aromatic heterocycles. The van der Waals surface area contributed by atoms with Crippen molar-refractivity contribution in [2.24, 2.45) is 4.99 Å². The van der Waals surface area contributed by atoms with E-state index in [-0.39, 0.29) is 0 Å². The number of hydrogen-bond donors (Lipinski definition) is 0. The van der Waals surface area contributed by atoms with Crippen LogP contribution in [0, 0.1) is 0 Å². The highest BCUT2D eigenvalue weighted by Gasteiger charge is 2.10. The van der Waals surface area contributed by atoms with Crippen LogP contribution in [-0.2, 0) is 12.8 Å². The summed E-state index contributed by atoms with van der Waals surface area (Å²) in [5.74, 6) is 0.690. The van der Waals surface area contributed by atoms with Crippen molar-refractivity contribution in [3.8, 4) is 0 Å². The molecule has 1 aromatic rings. The van der Waals surface area contributed by atoms with Crippen molar-refractivity contribution in [1.82, 2.24) is 4.98 Å². The molecule has 2 nitrogen and oxygen atoms in total. The third-order valence-electron chi connectivity index (χ3n) is 2.32. The van der Waals surface area contributed by atoms with Crippen LogP contribution < -0.4 is 0 Å². The molecule has 0 saturated heterocycles. The van der Waals surface area contributed by atoms with Crippen molar-refractivity contribution in [2.45, 2.75) is 25.7 Å². The van der Waals surface area contributed by atoms with E-state index >= 15 is 0 Å². The van der Waals surface area contributed by atoms with E-state index in [2.05, 4.69) is 33.4 Å². The van der Waals surface area contributed by atoms with Gasteiger partial charge in [-0.25, -0.2) is 4.98 Å². The molecule has 13 heavy (non-hydrogen) atoms. The van der Waals surface area contributed by atoms with E-state index in [1.165, 1.54) is 24.1 Å².